The van der Waals surface area contributed by atoms with Crippen molar-refractivity contribution in [2.24, 2.45) is 5.92 Å². The van der Waals surface area contributed by atoms with Crippen molar-refractivity contribution in [1.29, 1.82) is 0 Å². The van der Waals surface area contributed by atoms with E-state index < -0.39 is 17.6 Å². The molecule has 0 saturated carbocycles. The highest BCUT2D eigenvalue weighted by atomic mass is 19.4. The number of aliphatic hydroxyl groups excluding tert-OH is 1. The summed E-state index contributed by atoms with van der Waals surface area (Å²) in [4.78, 5) is 0. The van der Waals surface area contributed by atoms with Gasteiger partial charge in [0.25, 0.3) is 0 Å². The summed E-state index contributed by atoms with van der Waals surface area (Å²) in [6.07, 6.45) is -4.15. The second kappa shape index (κ2) is 6.23. The van der Waals surface area contributed by atoms with Gasteiger partial charge in [-0.2, -0.15) is 13.2 Å². The molecule has 0 aliphatic rings. The fourth-order valence-electron chi connectivity index (χ4n) is 1.72. The van der Waals surface area contributed by atoms with Gasteiger partial charge in [0.15, 0.2) is 0 Å². The zero-order valence-electron chi connectivity index (χ0n) is 10.8. The molecular weight excluding hydrogens is 262 g/mol. The Morgan fingerprint density at radius 1 is 1.26 bits per heavy atom. The molecule has 0 saturated heterocycles. The molecular formula is C13H17F4NO. The highest BCUT2D eigenvalue weighted by molar-refractivity contribution is 5.47. The number of nitrogens with one attached hydrogen (secondary N) is 1. The quantitative estimate of drug-likeness (QED) is 0.806. The number of hydrogen-bond acceptors (Lipinski definition) is 2. The van der Waals surface area contributed by atoms with Gasteiger partial charge >= 0.3 is 6.18 Å². The Morgan fingerprint density at radius 3 is 2.32 bits per heavy atom. The Bertz CT molecular complexity index is 418. The molecule has 0 spiro atoms. The van der Waals surface area contributed by atoms with Crippen molar-refractivity contribution in [2.45, 2.75) is 32.5 Å². The van der Waals surface area contributed by atoms with E-state index in [1.807, 2.05) is 13.8 Å². The summed E-state index contributed by atoms with van der Waals surface area (Å²) in [5.41, 5.74) is -1.00. The van der Waals surface area contributed by atoms with Gasteiger partial charge in [0.05, 0.1) is 11.3 Å². The maximum Gasteiger partial charge on any atom is 0.416 e. The SMILES string of the molecule is CC(C)C(CCO)Nc1ccc(C(F)(F)F)cc1F. The second-order valence-electron chi connectivity index (χ2n) is 4.70. The lowest BCUT2D eigenvalue weighted by Gasteiger charge is -2.23. The van der Waals surface area contributed by atoms with Crippen molar-refractivity contribution in [1.82, 2.24) is 0 Å². The summed E-state index contributed by atoms with van der Waals surface area (Å²) in [6.45, 7) is 3.70. The molecule has 2 N–H and O–H groups in total. The Morgan fingerprint density at radius 2 is 1.89 bits per heavy atom. The van der Waals surface area contributed by atoms with Crippen LogP contribution in [0.3, 0.4) is 0 Å². The van der Waals surface area contributed by atoms with E-state index in [2.05, 4.69) is 5.32 Å². The minimum absolute atomic E-state index is 0.0140. The van der Waals surface area contributed by atoms with Gasteiger partial charge in [-0.3, -0.25) is 0 Å². The van der Waals surface area contributed by atoms with Gasteiger partial charge in [-0.15, -0.1) is 0 Å². The topological polar surface area (TPSA) is 32.3 Å². The van der Waals surface area contributed by atoms with E-state index in [9.17, 15) is 17.6 Å². The normalized spacial score (nSPS) is 13.7. The molecule has 2 nitrogen and oxygen atoms in total. The number of rotatable bonds is 5. The molecule has 0 bridgehead atoms. The smallest absolute Gasteiger partial charge is 0.396 e. The number of anilines is 1. The Balaban J connectivity index is 2.90. The number of aliphatic hydroxyl groups is 1. The van der Waals surface area contributed by atoms with Crippen LogP contribution in [0.25, 0.3) is 0 Å². The Kier molecular flexibility index (Phi) is 5.17. The third-order valence-electron chi connectivity index (χ3n) is 2.88. The average Bonchev–Trinajstić information content (AvgIpc) is 2.29. The van der Waals surface area contributed by atoms with Crippen molar-refractivity contribution in [3.63, 3.8) is 0 Å². The molecule has 1 unspecified atom stereocenters. The molecule has 1 aromatic carbocycles. The van der Waals surface area contributed by atoms with Gasteiger partial charge in [0.1, 0.15) is 5.82 Å². The molecule has 0 amide bonds. The van der Waals surface area contributed by atoms with Crippen LogP contribution in [-0.4, -0.2) is 17.8 Å². The molecule has 19 heavy (non-hydrogen) atoms. The molecule has 1 aromatic rings. The van der Waals surface area contributed by atoms with E-state index in [1.54, 1.807) is 0 Å². The molecule has 0 aliphatic carbocycles. The molecule has 0 fully saturated rings. The first-order valence-corrected chi connectivity index (χ1v) is 6.00. The number of alkyl halides is 3. The first kappa shape index (κ1) is 15.8. The van der Waals surface area contributed by atoms with Crippen LogP contribution in [-0.2, 0) is 6.18 Å². The lowest BCUT2D eigenvalue weighted by molar-refractivity contribution is -0.137. The Labute approximate surface area is 109 Å². The summed E-state index contributed by atoms with van der Waals surface area (Å²) in [5.74, 6) is -0.827. The van der Waals surface area contributed by atoms with E-state index >= 15 is 0 Å². The number of halogens is 4. The summed E-state index contributed by atoms with van der Waals surface area (Å²) < 4.78 is 50.8. The van der Waals surface area contributed by atoms with E-state index in [0.717, 1.165) is 12.1 Å². The van der Waals surface area contributed by atoms with E-state index in [4.69, 9.17) is 5.11 Å². The summed E-state index contributed by atoms with van der Waals surface area (Å²) in [6, 6.07) is 2.18. The minimum Gasteiger partial charge on any atom is -0.396 e. The Hall–Kier alpha value is -1.30. The summed E-state index contributed by atoms with van der Waals surface area (Å²) in [5, 5.41) is 11.7. The van der Waals surface area contributed by atoms with Crippen LogP contribution >= 0.6 is 0 Å². The van der Waals surface area contributed by atoms with Gasteiger partial charge in [-0.05, 0) is 30.5 Å². The standard InChI is InChI=1S/C13H17F4NO/c1-8(2)11(5-6-19)18-12-4-3-9(7-10(12)14)13(15,16)17/h3-4,7-8,11,18-19H,5-6H2,1-2H3. The zero-order chi connectivity index (χ0) is 14.6. The predicted molar refractivity (Wildman–Crippen MR) is 65.4 cm³/mol. The molecule has 108 valence electrons. The van der Waals surface area contributed by atoms with Gasteiger partial charge in [-0.25, -0.2) is 4.39 Å². The fraction of sp³-hybridized carbons (Fsp3) is 0.538. The van der Waals surface area contributed by atoms with Gasteiger partial charge in [0.2, 0.25) is 0 Å². The van der Waals surface area contributed by atoms with Crippen molar-refractivity contribution in [3.8, 4) is 0 Å². The summed E-state index contributed by atoms with van der Waals surface area (Å²) in [7, 11) is 0. The van der Waals surface area contributed by atoms with Crippen LogP contribution in [0, 0.1) is 11.7 Å². The van der Waals surface area contributed by atoms with E-state index in [1.165, 1.54) is 0 Å². The average molecular weight is 279 g/mol. The fourth-order valence-corrected chi connectivity index (χ4v) is 1.72. The van der Waals surface area contributed by atoms with Gasteiger partial charge < -0.3 is 10.4 Å². The largest absolute Gasteiger partial charge is 0.416 e. The number of hydrogen-bond donors (Lipinski definition) is 2. The maximum atomic E-state index is 13.6. The number of benzene rings is 1. The highest BCUT2D eigenvalue weighted by Crippen LogP contribution is 2.31. The molecule has 0 aliphatic heterocycles. The van der Waals surface area contributed by atoms with Gasteiger partial charge in [-0.1, -0.05) is 13.8 Å². The van der Waals surface area contributed by atoms with Crippen molar-refractivity contribution < 1.29 is 22.7 Å². The van der Waals surface area contributed by atoms with Crippen LogP contribution < -0.4 is 5.32 Å². The zero-order valence-corrected chi connectivity index (χ0v) is 10.8. The molecule has 1 rings (SSSR count). The second-order valence-corrected chi connectivity index (χ2v) is 4.70. The van der Waals surface area contributed by atoms with E-state index in [0.29, 0.717) is 12.5 Å². The molecule has 0 radical (unpaired) electrons. The highest BCUT2D eigenvalue weighted by Gasteiger charge is 2.31. The van der Waals surface area contributed by atoms with Gasteiger partial charge in [0, 0.05) is 12.6 Å². The maximum absolute atomic E-state index is 13.6. The van der Waals surface area contributed by atoms with Crippen LogP contribution in [0.5, 0.6) is 0 Å². The molecule has 0 aromatic heterocycles. The van der Waals surface area contributed by atoms with Crippen molar-refractivity contribution >= 4 is 5.69 Å². The minimum atomic E-state index is -4.55. The molecule has 1 atom stereocenters. The molecule has 6 heteroatoms. The molecule has 0 heterocycles. The van der Waals surface area contributed by atoms with Crippen molar-refractivity contribution in [3.05, 3.63) is 29.6 Å². The summed E-state index contributed by atoms with van der Waals surface area (Å²) >= 11 is 0. The third-order valence-corrected chi connectivity index (χ3v) is 2.88. The van der Waals surface area contributed by atoms with Crippen LogP contribution in [0.4, 0.5) is 23.2 Å². The van der Waals surface area contributed by atoms with Crippen LogP contribution in [0.2, 0.25) is 0 Å². The monoisotopic (exact) mass is 279 g/mol. The van der Waals surface area contributed by atoms with Crippen LogP contribution in [0.1, 0.15) is 25.8 Å². The first-order chi connectivity index (χ1) is 8.75. The van der Waals surface area contributed by atoms with Crippen molar-refractivity contribution in [2.75, 3.05) is 11.9 Å². The van der Waals surface area contributed by atoms with Crippen LogP contribution in [0.15, 0.2) is 18.2 Å². The third kappa shape index (κ3) is 4.38. The first-order valence-electron chi connectivity index (χ1n) is 6.00. The van der Waals surface area contributed by atoms with E-state index in [-0.39, 0.29) is 24.3 Å². The lowest BCUT2D eigenvalue weighted by atomic mass is 10.0. The lowest BCUT2D eigenvalue weighted by Crippen LogP contribution is -2.27. The predicted octanol–water partition coefficient (Wildman–Crippen LogP) is 3.66.